The lowest BCUT2D eigenvalue weighted by Crippen LogP contribution is -2.43. The zero-order chi connectivity index (χ0) is 23.6. The third-order valence-electron chi connectivity index (χ3n) is 6.00. The van der Waals surface area contributed by atoms with Crippen LogP contribution in [-0.2, 0) is 20.6 Å². The molecule has 33 heavy (non-hydrogen) atoms. The van der Waals surface area contributed by atoms with Gasteiger partial charge in [0.15, 0.2) is 11.5 Å². The molecule has 10 heteroatoms. The molecule has 0 aromatic heterocycles. The fourth-order valence-corrected chi connectivity index (χ4v) is 6.22. The van der Waals surface area contributed by atoms with E-state index in [1.807, 2.05) is 25.1 Å². The van der Waals surface area contributed by atoms with E-state index in [4.69, 9.17) is 32.7 Å². The summed E-state index contributed by atoms with van der Waals surface area (Å²) < 4.78 is 38.3. The maximum absolute atomic E-state index is 12.9. The summed E-state index contributed by atoms with van der Waals surface area (Å²) in [4.78, 5) is 12.8. The van der Waals surface area contributed by atoms with Gasteiger partial charge in [-0.25, -0.2) is 12.7 Å². The third kappa shape index (κ3) is 5.74. The summed E-state index contributed by atoms with van der Waals surface area (Å²) in [5.74, 6) is 0.877. The van der Waals surface area contributed by atoms with Crippen molar-refractivity contribution in [3.8, 4) is 11.5 Å². The smallest absolute Gasteiger partial charge is 0.223 e. The number of carbonyl (C=O) groups excluding carboxylic acids is 1. The zero-order valence-corrected chi connectivity index (χ0v) is 20.5. The molecule has 2 aromatic carbocycles. The predicted octanol–water partition coefficient (Wildman–Crippen LogP) is 4.18. The molecule has 1 N–H and O–H groups in total. The summed E-state index contributed by atoms with van der Waals surface area (Å²) in [6, 6.07) is 10.2. The van der Waals surface area contributed by atoms with E-state index in [2.05, 4.69) is 5.32 Å². The van der Waals surface area contributed by atoms with Gasteiger partial charge in [-0.3, -0.25) is 4.79 Å². The van der Waals surface area contributed by atoms with Gasteiger partial charge in [0.25, 0.3) is 0 Å². The van der Waals surface area contributed by atoms with E-state index in [1.165, 1.54) is 10.4 Å². The summed E-state index contributed by atoms with van der Waals surface area (Å²) in [6.07, 6.45) is 0.931. The molecule has 178 valence electrons. The van der Waals surface area contributed by atoms with Crippen LogP contribution < -0.4 is 14.8 Å². The number of halogens is 2. The Morgan fingerprint density at radius 2 is 1.79 bits per heavy atom. The summed E-state index contributed by atoms with van der Waals surface area (Å²) in [5, 5.41) is 3.83. The van der Waals surface area contributed by atoms with Gasteiger partial charge in [-0.15, -0.1) is 0 Å². The van der Waals surface area contributed by atoms with Crippen molar-refractivity contribution >= 4 is 39.1 Å². The van der Waals surface area contributed by atoms with Gasteiger partial charge in [0.05, 0.1) is 11.8 Å². The summed E-state index contributed by atoms with van der Waals surface area (Å²) in [6.45, 7) is 3.54. The lowest BCUT2D eigenvalue weighted by Gasteiger charge is -2.31. The molecule has 2 aliphatic rings. The number of carbonyl (C=O) groups is 1. The van der Waals surface area contributed by atoms with Gasteiger partial charge in [0.1, 0.15) is 13.2 Å². The molecular formula is C23H26Cl2N2O5S. The summed E-state index contributed by atoms with van der Waals surface area (Å²) >= 11 is 12.0. The van der Waals surface area contributed by atoms with Crippen LogP contribution in [0.5, 0.6) is 11.5 Å². The van der Waals surface area contributed by atoms with E-state index in [0.29, 0.717) is 66.3 Å². The van der Waals surface area contributed by atoms with Crippen molar-refractivity contribution in [3.63, 3.8) is 0 Å². The first-order valence-electron chi connectivity index (χ1n) is 10.8. The molecule has 0 unspecified atom stereocenters. The zero-order valence-electron chi connectivity index (χ0n) is 18.2. The first-order chi connectivity index (χ1) is 15.7. The molecule has 1 fully saturated rings. The largest absolute Gasteiger partial charge is 0.486 e. The number of fused-ring (bicyclic) bond motifs is 1. The minimum Gasteiger partial charge on any atom is -0.486 e. The predicted molar refractivity (Wildman–Crippen MR) is 127 cm³/mol. The highest BCUT2D eigenvalue weighted by Gasteiger charge is 2.32. The number of sulfonamides is 1. The minimum atomic E-state index is -3.55. The lowest BCUT2D eigenvalue weighted by molar-refractivity contribution is -0.126. The summed E-state index contributed by atoms with van der Waals surface area (Å²) in [7, 11) is -3.55. The Hall–Kier alpha value is -2.00. The Labute approximate surface area is 204 Å². The van der Waals surface area contributed by atoms with Gasteiger partial charge >= 0.3 is 0 Å². The Bertz CT molecular complexity index is 1130. The maximum atomic E-state index is 12.9. The Morgan fingerprint density at radius 3 is 2.48 bits per heavy atom. The molecule has 0 spiro atoms. The van der Waals surface area contributed by atoms with Gasteiger partial charge in [-0.05, 0) is 55.2 Å². The SMILES string of the molecule is C[C@@H](NC(=O)C1CCN(S(=O)(=O)Cc2ccc(Cl)cc2Cl)CC1)c1ccc2c(c1)OCCO2. The fraction of sp³-hybridized carbons (Fsp3) is 0.435. The van der Waals surface area contributed by atoms with Crippen molar-refractivity contribution in [3.05, 3.63) is 57.6 Å². The van der Waals surface area contributed by atoms with Crippen molar-refractivity contribution in [2.45, 2.75) is 31.6 Å². The molecule has 7 nitrogen and oxygen atoms in total. The van der Waals surface area contributed by atoms with Crippen LogP contribution in [0.1, 0.15) is 36.9 Å². The van der Waals surface area contributed by atoms with Crippen molar-refractivity contribution in [2.75, 3.05) is 26.3 Å². The summed E-state index contributed by atoms with van der Waals surface area (Å²) in [5.41, 5.74) is 1.43. The van der Waals surface area contributed by atoms with Crippen LogP contribution >= 0.6 is 23.2 Å². The van der Waals surface area contributed by atoms with Gasteiger partial charge in [0, 0.05) is 29.1 Å². The molecule has 1 amide bonds. The average Bonchev–Trinajstić information content (AvgIpc) is 2.80. The number of hydrogen-bond acceptors (Lipinski definition) is 5. The van der Waals surface area contributed by atoms with Crippen molar-refractivity contribution in [1.82, 2.24) is 9.62 Å². The molecule has 2 aliphatic heterocycles. The van der Waals surface area contributed by atoms with E-state index in [-0.39, 0.29) is 23.6 Å². The minimum absolute atomic E-state index is 0.0739. The number of piperidine rings is 1. The van der Waals surface area contributed by atoms with E-state index < -0.39 is 10.0 Å². The van der Waals surface area contributed by atoms with Crippen LogP contribution in [0.3, 0.4) is 0 Å². The number of nitrogens with one attached hydrogen (secondary N) is 1. The molecule has 0 saturated carbocycles. The van der Waals surface area contributed by atoms with Crippen molar-refractivity contribution < 1.29 is 22.7 Å². The highest BCUT2D eigenvalue weighted by molar-refractivity contribution is 7.88. The monoisotopic (exact) mass is 512 g/mol. The van der Waals surface area contributed by atoms with Crippen molar-refractivity contribution in [1.29, 1.82) is 0 Å². The highest BCUT2D eigenvalue weighted by Crippen LogP contribution is 2.33. The van der Waals surface area contributed by atoms with E-state index >= 15 is 0 Å². The molecule has 2 aromatic rings. The highest BCUT2D eigenvalue weighted by atomic mass is 35.5. The standard InChI is InChI=1S/C23H26Cl2N2O5S/c1-15(17-3-5-21-22(12-17)32-11-10-31-21)26-23(28)16-6-8-27(9-7-16)33(29,30)14-18-2-4-19(24)13-20(18)25/h2-5,12-13,15-16H,6-11,14H2,1H3,(H,26,28)/t15-/m1/s1. The quantitative estimate of drug-likeness (QED) is 0.627. The molecule has 2 heterocycles. The molecule has 0 bridgehead atoms. The number of hydrogen-bond donors (Lipinski definition) is 1. The molecule has 4 rings (SSSR count). The molecular weight excluding hydrogens is 487 g/mol. The number of ether oxygens (including phenoxy) is 2. The normalized spacial score (nSPS) is 18.0. The number of amides is 1. The van der Waals surface area contributed by atoms with Gasteiger partial charge in [-0.1, -0.05) is 35.3 Å². The first kappa shape index (κ1) is 24.1. The van der Waals surface area contributed by atoms with Crippen LogP contribution in [0.15, 0.2) is 36.4 Å². The molecule has 0 aliphatic carbocycles. The molecule has 1 saturated heterocycles. The Morgan fingerprint density at radius 1 is 1.09 bits per heavy atom. The first-order valence-corrected chi connectivity index (χ1v) is 13.2. The van der Waals surface area contributed by atoms with Crippen LogP contribution in [-0.4, -0.2) is 44.9 Å². The third-order valence-corrected chi connectivity index (χ3v) is 8.41. The van der Waals surface area contributed by atoms with Gasteiger partial charge < -0.3 is 14.8 Å². The fourth-order valence-electron chi connectivity index (χ4n) is 4.07. The van der Waals surface area contributed by atoms with Crippen LogP contribution in [0.4, 0.5) is 0 Å². The Balaban J connectivity index is 1.32. The van der Waals surface area contributed by atoms with Crippen LogP contribution in [0, 0.1) is 5.92 Å². The van der Waals surface area contributed by atoms with E-state index in [1.54, 1.807) is 12.1 Å². The number of benzene rings is 2. The second-order valence-corrected chi connectivity index (χ2v) is 11.1. The lowest BCUT2D eigenvalue weighted by atomic mass is 9.96. The Kier molecular flexibility index (Phi) is 7.38. The topological polar surface area (TPSA) is 84.9 Å². The van der Waals surface area contributed by atoms with E-state index in [9.17, 15) is 13.2 Å². The van der Waals surface area contributed by atoms with Gasteiger partial charge in [0.2, 0.25) is 15.9 Å². The second kappa shape index (κ2) is 10.1. The second-order valence-electron chi connectivity index (χ2n) is 8.30. The van der Waals surface area contributed by atoms with Crippen molar-refractivity contribution in [2.24, 2.45) is 5.92 Å². The van der Waals surface area contributed by atoms with Crippen LogP contribution in [0.2, 0.25) is 10.0 Å². The average molecular weight is 513 g/mol. The van der Waals surface area contributed by atoms with Crippen LogP contribution in [0.25, 0.3) is 0 Å². The number of rotatable bonds is 6. The maximum Gasteiger partial charge on any atom is 0.223 e. The van der Waals surface area contributed by atoms with E-state index in [0.717, 1.165) is 5.56 Å². The number of nitrogens with zero attached hydrogens (tertiary/aromatic N) is 1. The molecule has 1 atom stereocenters. The molecule has 0 radical (unpaired) electrons. The van der Waals surface area contributed by atoms with Gasteiger partial charge in [-0.2, -0.15) is 0 Å².